The van der Waals surface area contributed by atoms with Crippen LogP contribution in [0.3, 0.4) is 0 Å². The van der Waals surface area contributed by atoms with Crippen molar-refractivity contribution in [2.24, 2.45) is 0 Å². The molecule has 5 heteroatoms. The van der Waals surface area contributed by atoms with Gasteiger partial charge in [0.25, 0.3) is 5.91 Å². The molecule has 1 aromatic rings. The third-order valence-electron chi connectivity index (χ3n) is 1.80. The minimum atomic E-state index is -0.376. The van der Waals surface area contributed by atoms with Gasteiger partial charge in [-0.15, -0.1) is 0 Å². The predicted octanol–water partition coefficient (Wildman–Crippen LogP) is 0.685. The highest BCUT2D eigenvalue weighted by Gasteiger charge is 2.05. The third-order valence-corrected chi connectivity index (χ3v) is 1.80. The van der Waals surface area contributed by atoms with Gasteiger partial charge in [0.2, 0.25) is 0 Å². The largest absolute Gasteiger partial charge is 0.295 e. The Morgan fingerprint density at radius 3 is 2.13 bits per heavy atom. The quantitative estimate of drug-likeness (QED) is 0.564. The fourth-order valence-electron chi connectivity index (χ4n) is 1.01. The number of amides is 1. The number of benzene rings is 1. The van der Waals surface area contributed by atoms with Crippen LogP contribution in [0.4, 0.5) is 0 Å². The number of ketones is 1. The zero-order valence-electron chi connectivity index (χ0n) is 8.53. The van der Waals surface area contributed by atoms with E-state index in [1.54, 1.807) is 24.3 Å². The Bertz CT molecular complexity index is 359. The van der Waals surface area contributed by atoms with Crippen molar-refractivity contribution in [1.82, 2.24) is 11.0 Å². The van der Waals surface area contributed by atoms with Gasteiger partial charge in [0.15, 0.2) is 5.78 Å². The van der Waals surface area contributed by atoms with Crippen LogP contribution in [0.1, 0.15) is 27.6 Å². The normalized spacial score (nSPS) is 9.73. The summed E-state index contributed by atoms with van der Waals surface area (Å²) in [5.41, 5.74) is 5.47. The molecule has 80 valence electrons. The molecular weight excluding hydrogens is 196 g/mol. The fraction of sp³-hybridized carbons (Fsp3) is 0.200. The van der Waals surface area contributed by atoms with Crippen molar-refractivity contribution in [1.29, 1.82) is 0 Å². The molecule has 2 N–H and O–H groups in total. The summed E-state index contributed by atoms with van der Waals surface area (Å²) >= 11 is 0. The molecule has 0 unspecified atom stereocenters. The Kier molecular flexibility index (Phi) is 3.96. The molecule has 0 aliphatic heterocycles. The molecule has 0 aromatic heterocycles. The second-order valence-corrected chi connectivity index (χ2v) is 2.87. The van der Waals surface area contributed by atoms with Crippen molar-refractivity contribution in [3.8, 4) is 0 Å². The van der Waals surface area contributed by atoms with Gasteiger partial charge in [-0.2, -0.15) is 10.4 Å². The Labute approximate surface area is 87.3 Å². The minimum absolute atomic E-state index is 0.0339. The summed E-state index contributed by atoms with van der Waals surface area (Å²) in [6, 6.07) is 6.31. The first-order valence-corrected chi connectivity index (χ1v) is 4.39. The maximum absolute atomic E-state index is 11.3. The number of rotatable bonds is 4. The monoisotopic (exact) mass is 208 g/mol. The van der Waals surface area contributed by atoms with E-state index >= 15 is 0 Å². The number of carbonyl (C=O) groups excluding carboxylic acids is 2. The van der Waals surface area contributed by atoms with Crippen LogP contribution in [0.2, 0.25) is 0 Å². The van der Waals surface area contributed by atoms with E-state index in [4.69, 9.17) is 0 Å². The van der Waals surface area contributed by atoms with Crippen LogP contribution in [-0.2, 0) is 4.94 Å². The van der Waals surface area contributed by atoms with Gasteiger partial charge >= 0.3 is 0 Å². The summed E-state index contributed by atoms with van der Waals surface area (Å²) in [6.07, 6.45) is 0. The fourth-order valence-corrected chi connectivity index (χ4v) is 1.01. The SMILES string of the molecule is CNONC(=O)c1ccc(C(C)=O)cc1. The van der Waals surface area contributed by atoms with Gasteiger partial charge in [0.1, 0.15) is 0 Å². The molecular formula is C10H12N2O3. The highest BCUT2D eigenvalue weighted by atomic mass is 16.8. The second kappa shape index (κ2) is 5.23. The molecule has 0 fully saturated rings. The molecule has 15 heavy (non-hydrogen) atoms. The number of carbonyl (C=O) groups is 2. The van der Waals surface area contributed by atoms with Crippen molar-refractivity contribution in [2.75, 3.05) is 7.05 Å². The smallest absolute Gasteiger partial charge is 0.276 e. The first-order valence-electron chi connectivity index (χ1n) is 4.39. The van der Waals surface area contributed by atoms with E-state index in [2.05, 4.69) is 15.9 Å². The van der Waals surface area contributed by atoms with Crippen molar-refractivity contribution in [2.45, 2.75) is 6.92 Å². The van der Waals surface area contributed by atoms with E-state index in [1.807, 2.05) is 0 Å². The summed E-state index contributed by atoms with van der Waals surface area (Å²) in [5.74, 6) is -0.409. The molecule has 0 spiro atoms. The number of Topliss-reactive ketones (excluding diaryl/α,β-unsaturated/α-hetero) is 1. The van der Waals surface area contributed by atoms with Gasteiger partial charge in [-0.1, -0.05) is 12.1 Å². The standard InChI is InChI=1S/C10H12N2O3/c1-7(13)8-3-5-9(6-4-8)10(14)12-15-11-2/h3-6,11H,1-2H3,(H,12,14). The van der Waals surface area contributed by atoms with E-state index in [9.17, 15) is 9.59 Å². The van der Waals surface area contributed by atoms with E-state index in [1.165, 1.54) is 14.0 Å². The van der Waals surface area contributed by atoms with Gasteiger partial charge in [-0.25, -0.2) is 5.48 Å². The van der Waals surface area contributed by atoms with Crippen molar-refractivity contribution < 1.29 is 14.5 Å². The lowest BCUT2D eigenvalue weighted by atomic mass is 10.1. The molecule has 1 aromatic carbocycles. The topological polar surface area (TPSA) is 67.4 Å². The first-order chi connectivity index (χ1) is 7.15. The van der Waals surface area contributed by atoms with Gasteiger partial charge in [0, 0.05) is 18.2 Å². The predicted molar refractivity (Wildman–Crippen MR) is 54.1 cm³/mol. The maximum Gasteiger partial charge on any atom is 0.276 e. The van der Waals surface area contributed by atoms with E-state index in [0.717, 1.165) is 0 Å². The zero-order chi connectivity index (χ0) is 11.3. The molecule has 0 atom stereocenters. The molecule has 1 amide bonds. The summed E-state index contributed by atoms with van der Waals surface area (Å²) < 4.78 is 0. The van der Waals surface area contributed by atoms with Crippen molar-refractivity contribution in [3.05, 3.63) is 35.4 Å². The Hall–Kier alpha value is -1.72. The van der Waals surface area contributed by atoms with E-state index in [-0.39, 0.29) is 11.7 Å². The van der Waals surface area contributed by atoms with Crippen molar-refractivity contribution >= 4 is 11.7 Å². The van der Waals surface area contributed by atoms with Crippen LogP contribution < -0.4 is 11.0 Å². The van der Waals surface area contributed by atoms with Crippen LogP contribution in [0, 0.1) is 0 Å². The Morgan fingerprint density at radius 2 is 1.67 bits per heavy atom. The lowest BCUT2D eigenvalue weighted by Gasteiger charge is -2.03. The number of hydrogen-bond donors (Lipinski definition) is 2. The number of nitrogens with one attached hydrogen (secondary N) is 2. The number of hydrogen-bond acceptors (Lipinski definition) is 4. The van der Waals surface area contributed by atoms with Crippen LogP contribution in [0.25, 0.3) is 0 Å². The van der Waals surface area contributed by atoms with E-state index < -0.39 is 0 Å². The molecule has 0 saturated heterocycles. The highest BCUT2D eigenvalue weighted by Crippen LogP contribution is 2.04. The van der Waals surface area contributed by atoms with Gasteiger partial charge in [-0.3, -0.25) is 9.59 Å². The Morgan fingerprint density at radius 1 is 1.13 bits per heavy atom. The van der Waals surface area contributed by atoms with Crippen LogP contribution >= 0.6 is 0 Å². The molecule has 0 aliphatic rings. The van der Waals surface area contributed by atoms with Gasteiger partial charge in [0.05, 0.1) is 0 Å². The average molecular weight is 208 g/mol. The first kappa shape index (κ1) is 11.4. The summed E-state index contributed by atoms with van der Waals surface area (Å²) in [5, 5.41) is 0. The van der Waals surface area contributed by atoms with Gasteiger partial charge < -0.3 is 0 Å². The zero-order valence-corrected chi connectivity index (χ0v) is 8.53. The van der Waals surface area contributed by atoms with Crippen LogP contribution in [0.15, 0.2) is 24.3 Å². The highest BCUT2D eigenvalue weighted by molar-refractivity contribution is 5.97. The molecule has 1 rings (SSSR count). The summed E-state index contributed by atoms with van der Waals surface area (Å²) in [6.45, 7) is 1.47. The lowest BCUT2D eigenvalue weighted by Crippen LogP contribution is -2.29. The van der Waals surface area contributed by atoms with Crippen LogP contribution in [0.5, 0.6) is 0 Å². The molecule has 0 radical (unpaired) electrons. The molecule has 0 aliphatic carbocycles. The minimum Gasteiger partial charge on any atom is -0.295 e. The summed E-state index contributed by atoms with van der Waals surface area (Å²) in [4.78, 5) is 26.8. The lowest BCUT2D eigenvalue weighted by molar-refractivity contribution is -0.0158. The summed E-state index contributed by atoms with van der Waals surface area (Å²) in [7, 11) is 1.53. The Balaban J connectivity index is 2.71. The second-order valence-electron chi connectivity index (χ2n) is 2.87. The van der Waals surface area contributed by atoms with E-state index in [0.29, 0.717) is 11.1 Å². The molecule has 0 heterocycles. The van der Waals surface area contributed by atoms with Crippen molar-refractivity contribution in [3.63, 3.8) is 0 Å². The molecule has 0 bridgehead atoms. The third kappa shape index (κ3) is 3.16. The molecule has 5 nitrogen and oxygen atoms in total. The van der Waals surface area contributed by atoms with Gasteiger partial charge in [-0.05, 0) is 19.1 Å². The maximum atomic E-state index is 11.3. The molecule has 0 saturated carbocycles. The van der Waals surface area contributed by atoms with Crippen LogP contribution in [-0.4, -0.2) is 18.7 Å². The number of hydroxylamine groups is 2. The average Bonchev–Trinajstić information content (AvgIpc) is 2.26.